The van der Waals surface area contributed by atoms with Crippen molar-refractivity contribution in [2.45, 2.75) is 18.9 Å². The van der Waals surface area contributed by atoms with Gasteiger partial charge in [0.05, 0.1) is 7.11 Å². The molecule has 1 aromatic carbocycles. The molecule has 18 heavy (non-hydrogen) atoms. The zero-order chi connectivity index (χ0) is 13.0. The second-order valence-corrected chi connectivity index (χ2v) is 4.47. The van der Waals surface area contributed by atoms with Gasteiger partial charge < -0.3 is 15.4 Å². The van der Waals surface area contributed by atoms with Crippen LogP contribution >= 0.6 is 0 Å². The van der Waals surface area contributed by atoms with Gasteiger partial charge in [0.1, 0.15) is 5.82 Å². The molecule has 1 aromatic rings. The first kappa shape index (κ1) is 13.2. The Labute approximate surface area is 106 Å². The van der Waals surface area contributed by atoms with Gasteiger partial charge in [-0.1, -0.05) is 0 Å². The van der Waals surface area contributed by atoms with Crippen LogP contribution in [0.1, 0.15) is 12.0 Å². The van der Waals surface area contributed by atoms with Gasteiger partial charge in [-0.2, -0.15) is 0 Å². The normalized spacial score (nSPS) is 19.2. The van der Waals surface area contributed by atoms with Crippen molar-refractivity contribution < 1.29 is 13.5 Å². The standard InChI is InChI=1S/C13H18F2N2O/c1-18-13-7-11(14)9(6-12(13)15)2-5-17-10-3-4-16-8-10/h6-7,10,16-17H,2-5,8H2,1H3. The second kappa shape index (κ2) is 6.11. The van der Waals surface area contributed by atoms with Gasteiger partial charge in [0.2, 0.25) is 0 Å². The van der Waals surface area contributed by atoms with Gasteiger partial charge in [-0.25, -0.2) is 8.78 Å². The maximum absolute atomic E-state index is 13.6. The third-order valence-corrected chi connectivity index (χ3v) is 3.21. The molecule has 0 saturated carbocycles. The van der Waals surface area contributed by atoms with Crippen LogP contribution in [0.15, 0.2) is 12.1 Å². The van der Waals surface area contributed by atoms with E-state index >= 15 is 0 Å². The van der Waals surface area contributed by atoms with Crippen molar-refractivity contribution in [1.29, 1.82) is 0 Å². The van der Waals surface area contributed by atoms with Crippen molar-refractivity contribution in [2.75, 3.05) is 26.7 Å². The largest absolute Gasteiger partial charge is 0.494 e. The van der Waals surface area contributed by atoms with E-state index in [4.69, 9.17) is 4.74 Å². The molecule has 1 aliphatic heterocycles. The molecule has 1 fully saturated rings. The van der Waals surface area contributed by atoms with Crippen LogP contribution in [-0.4, -0.2) is 32.8 Å². The summed E-state index contributed by atoms with van der Waals surface area (Å²) in [6.07, 6.45) is 1.56. The van der Waals surface area contributed by atoms with E-state index in [-0.39, 0.29) is 5.75 Å². The molecule has 5 heteroatoms. The maximum atomic E-state index is 13.6. The molecule has 0 radical (unpaired) electrons. The van der Waals surface area contributed by atoms with Crippen molar-refractivity contribution in [1.82, 2.24) is 10.6 Å². The van der Waals surface area contributed by atoms with Gasteiger partial charge in [-0.05, 0) is 37.6 Å². The first-order valence-corrected chi connectivity index (χ1v) is 6.16. The van der Waals surface area contributed by atoms with Crippen molar-refractivity contribution in [3.8, 4) is 5.75 Å². The molecule has 3 nitrogen and oxygen atoms in total. The highest BCUT2D eigenvalue weighted by molar-refractivity contribution is 5.31. The summed E-state index contributed by atoms with van der Waals surface area (Å²) in [5.41, 5.74) is 0.381. The van der Waals surface area contributed by atoms with E-state index in [2.05, 4.69) is 10.6 Å². The molecule has 1 heterocycles. The number of nitrogens with one attached hydrogen (secondary N) is 2. The summed E-state index contributed by atoms with van der Waals surface area (Å²) in [7, 11) is 1.33. The lowest BCUT2D eigenvalue weighted by Gasteiger charge is -2.12. The van der Waals surface area contributed by atoms with Crippen LogP contribution in [0.2, 0.25) is 0 Å². The Bertz CT molecular complexity index is 406. The average molecular weight is 256 g/mol. The molecular formula is C13H18F2N2O. The van der Waals surface area contributed by atoms with Crippen molar-refractivity contribution in [3.63, 3.8) is 0 Å². The predicted molar refractivity (Wildman–Crippen MR) is 65.9 cm³/mol. The van der Waals surface area contributed by atoms with Crippen LogP contribution < -0.4 is 15.4 Å². The Kier molecular flexibility index (Phi) is 4.49. The smallest absolute Gasteiger partial charge is 0.165 e. The van der Waals surface area contributed by atoms with E-state index in [9.17, 15) is 8.78 Å². The van der Waals surface area contributed by atoms with Crippen molar-refractivity contribution in [2.24, 2.45) is 0 Å². The number of ether oxygens (including phenoxy) is 1. The molecule has 0 spiro atoms. The summed E-state index contributed by atoms with van der Waals surface area (Å²) in [6.45, 7) is 2.61. The average Bonchev–Trinajstić information content (AvgIpc) is 2.86. The van der Waals surface area contributed by atoms with Gasteiger partial charge in [0.25, 0.3) is 0 Å². The van der Waals surface area contributed by atoms with Gasteiger partial charge in [0, 0.05) is 18.7 Å². The van der Waals surface area contributed by atoms with E-state index < -0.39 is 11.6 Å². The Morgan fingerprint density at radius 3 is 2.89 bits per heavy atom. The van der Waals surface area contributed by atoms with Crippen LogP contribution in [0.5, 0.6) is 5.75 Å². The highest BCUT2D eigenvalue weighted by Crippen LogP contribution is 2.21. The van der Waals surface area contributed by atoms with Crippen LogP contribution in [0, 0.1) is 11.6 Å². The zero-order valence-electron chi connectivity index (χ0n) is 10.4. The minimum Gasteiger partial charge on any atom is -0.494 e. The third kappa shape index (κ3) is 3.17. The minimum atomic E-state index is -0.517. The quantitative estimate of drug-likeness (QED) is 0.837. The molecule has 2 rings (SSSR count). The van der Waals surface area contributed by atoms with E-state index in [1.165, 1.54) is 13.2 Å². The third-order valence-electron chi connectivity index (χ3n) is 3.21. The summed E-state index contributed by atoms with van der Waals surface area (Å²) in [6, 6.07) is 2.75. The van der Waals surface area contributed by atoms with E-state index in [1.54, 1.807) is 0 Å². The number of rotatable bonds is 5. The van der Waals surface area contributed by atoms with Crippen LogP contribution in [0.4, 0.5) is 8.78 Å². The highest BCUT2D eigenvalue weighted by Gasteiger charge is 2.14. The number of methoxy groups -OCH3 is 1. The number of hydrogen-bond donors (Lipinski definition) is 2. The summed E-state index contributed by atoms with van der Waals surface area (Å²) in [5.74, 6) is -0.986. The molecule has 0 amide bonds. The molecule has 0 aliphatic carbocycles. The maximum Gasteiger partial charge on any atom is 0.165 e. The first-order chi connectivity index (χ1) is 8.70. The highest BCUT2D eigenvalue weighted by atomic mass is 19.1. The van der Waals surface area contributed by atoms with Crippen molar-refractivity contribution >= 4 is 0 Å². The fourth-order valence-electron chi connectivity index (χ4n) is 2.16. The zero-order valence-corrected chi connectivity index (χ0v) is 10.4. The number of halogens is 2. The molecule has 100 valence electrons. The predicted octanol–water partition coefficient (Wildman–Crippen LogP) is 1.47. The lowest BCUT2D eigenvalue weighted by atomic mass is 10.1. The van der Waals surface area contributed by atoms with Gasteiger partial charge in [-0.15, -0.1) is 0 Å². The Morgan fingerprint density at radius 1 is 1.39 bits per heavy atom. The summed E-state index contributed by atoms with van der Waals surface area (Å²) >= 11 is 0. The molecular weight excluding hydrogens is 238 g/mol. The van der Waals surface area contributed by atoms with Gasteiger partial charge in [0.15, 0.2) is 11.6 Å². The van der Waals surface area contributed by atoms with Crippen LogP contribution in [0.3, 0.4) is 0 Å². The molecule has 0 aromatic heterocycles. The molecule has 1 atom stereocenters. The fourth-order valence-corrected chi connectivity index (χ4v) is 2.16. The molecule has 1 saturated heterocycles. The first-order valence-electron chi connectivity index (χ1n) is 6.16. The number of hydrogen-bond acceptors (Lipinski definition) is 3. The minimum absolute atomic E-state index is 0.0517. The lowest BCUT2D eigenvalue weighted by molar-refractivity contribution is 0.381. The summed E-state index contributed by atoms with van der Waals surface area (Å²) in [5, 5.41) is 6.57. The van der Waals surface area contributed by atoms with E-state index in [1.807, 2.05) is 0 Å². The van der Waals surface area contributed by atoms with Gasteiger partial charge in [-0.3, -0.25) is 0 Å². The number of benzene rings is 1. The monoisotopic (exact) mass is 256 g/mol. The van der Waals surface area contributed by atoms with Crippen molar-refractivity contribution in [3.05, 3.63) is 29.3 Å². The molecule has 1 unspecified atom stereocenters. The Morgan fingerprint density at radius 2 is 2.22 bits per heavy atom. The van der Waals surface area contributed by atoms with Crippen LogP contribution in [0.25, 0.3) is 0 Å². The molecule has 1 aliphatic rings. The second-order valence-electron chi connectivity index (χ2n) is 4.47. The van der Waals surface area contributed by atoms with E-state index in [0.29, 0.717) is 24.6 Å². The topological polar surface area (TPSA) is 33.3 Å². The lowest BCUT2D eigenvalue weighted by Crippen LogP contribution is -2.32. The van der Waals surface area contributed by atoms with Gasteiger partial charge >= 0.3 is 0 Å². The SMILES string of the molecule is COc1cc(F)c(CCNC2CCNC2)cc1F. The Balaban J connectivity index is 1.90. The van der Waals surface area contributed by atoms with Crippen LogP contribution in [-0.2, 0) is 6.42 Å². The summed E-state index contributed by atoms with van der Waals surface area (Å²) < 4.78 is 31.8. The summed E-state index contributed by atoms with van der Waals surface area (Å²) in [4.78, 5) is 0. The fraction of sp³-hybridized carbons (Fsp3) is 0.538. The Hall–Kier alpha value is -1.20. The van der Waals surface area contributed by atoms with E-state index in [0.717, 1.165) is 25.6 Å². The molecule has 2 N–H and O–H groups in total. The molecule has 0 bridgehead atoms.